The zero-order chi connectivity index (χ0) is 15.1. The second-order valence-corrected chi connectivity index (χ2v) is 4.28. The number of anilines is 1. The van der Waals surface area contributed by atoms with Crippen molar-refractivity contribution >= 4 is 17.7 Å². The third-order valence-electron chi connectivity index (χ3n) is 2.60. The highest BCUT2D eigenvalue weighted by Crippen LogP contribution is 2.15. The molecule has 6 nitrogen and oxygen atoms in total. The van der Waals surface area contributed by atoms with Gasteiger partial charge in [0, 0.05) is 19.8 Å². The van der Waals surface area contributed by atoms with Gasteiger partial charge >= 0.3 is 12.0 Å². The molecule has 20 heavy (non-hydrogen) atoms. The maximum Gasteiger partial charge on any atom is 0.335 e. The molecule has 1 unspecified atom stereocenters. The fourth-order valence-electron chi connectivity index (χ4n) is 1.50. The van der Waals surface area contributed by atoms with Gasteiger partial charge < -0.3 is 20.5 Å². The minimum Gasteiger partial charge on any atom is -0.478 e. The lowest BCUT2D eigenvalue weighted by atomic mass is 10.2. The van der Waals surface area contributed by atoms with Crippen LogP contribution < -0.4 is 10.6 Å². The van der Waals surface area contributed by atoms with Crippen molar-refractivity contribution in [2.24, 2.45) is 0 Å². The maximum absolute atomic E-state index is 13.6. The lowest BCUT2D eigenvalue weighted by molar-refractivity contribution is 0.0696. The predicted molar refractivity (Wildman–Crippen MR) is 71.5 cm³/mol. The number of carbonyl (C=O) groups is 2. The molecule has 0 saturated carbocycles. The molecule has 0 spiro atoms. The van der Waals surface area contributed by atoms with E-state index < -0.39 is 17.8 Å². The number of halogens is 1. The van der Waals surface area contributed by atoms with Crippen LogP contribution in [0.5, 0.6) is 0 Å². The molecule has 110 valence electrons. The molecule has 0 saturated heterocycles. The molecular weight excluding hydrogens is 267 g/mol. The number of carboxylic acids is 1. The first kappa shape index (κ1) is 15.9. The Morgan fingerprint density at radius 2 is 2.15 bits per heavy atom. The summed E-state index contributed by atoms with van der Waals surface area (Å²) in [5.74, 6) is -2.03. The second kappa shape index (κ2) is 7.44. The fraction of sp³-hybridized carbons (Fsp3) is 0.385. The normalized spacial score (nSPS) is 11.8. The molecule has 0 aliphatic rings. The first-order valence-electron chi connectivity index (χ1n) is 6.03. The Morgan fingerprint density at radius 1 is 1.45 bits per heavy atom. The molecule has 0 bridgehead atoms. The Bertz CT molecular complexity index is 493. The zero-order valence-corrected chi connectivity index (χ0v) is 11.3. The molecule has 0 aliphatic heterocycles. The largest absolute Gasteiger partial charge is 0.478 e. The van der Waals surface area contributed by atoms with Crippen LogP contribution in [0, 0.1) is 5.82 Å². The first-order valence-corrected chi connectivity index (χ1v) is 6.03. The number of rotatable bonds is 6. The van der Waals surface area contributed by atoms with Crippen molar-refractivity contribution in [1.82, 2.24) is 5.32 Å². The Hall–Kier alpha value is -2.15. The number of carbonyl (C=O) groups excluding carboxylic acids is 1. The maximum atomic E-state index is 13.6. The summed E-state index contributed by atoms with van der Waals surface area (Å²) >= 11 is 0. The molecule has 3 N–H and O–H groups in total. The van der Waals surface area contributed by atoms with Crippen molar-refractivity contribution in [2.45, 2.75) is 19.4 Å². The predicted octanol–water partition coefficient (Wildman–Crippen LogP) is 2.07. The SMILES string of the molecule is COCCC(C)NC(=O)Nc1ccc(C(=O)O)cc1F. The Morgan fingerprint density at radius 3 is 2.70 bits per heavy atom. The van der Waals surface area contributed by atoms with Gasteiger partial charge in [-0.1, -0.05) is 0 Å². The Balaban J connectivity index is 2.60. The van der Waals surface area contributed by atoms with Gasteiger partial charge in [0.1, 0.15) is 5.82 Å². The third-order valence-corrected chi connectivity index (χ3v) is 2.60. The monoisotopic (exact) mass is 284 g/mol. The highest BCUT2D eigenvalue weighted by Gasteiger charge is 2.12. The van der Waals surface area contributed by atoms with E-state index in [0.29, 0.717) is 13.0 Å². The summed E-state index contributed by atoms with van der Waals surface area (Å²) in [4.78, 5) is 22.3. The number of amides is 2. The number of ether oxygens (including phenoxy) is 1. The molecular formula is C13H17FN2O4. The zero-order valence-electron chi connectivity index (χ0n) is 11.3. The van der Waals surface area contributed by atoms with E-state index in [4.69, 9.17) is 9.84 Å². The average Bonchev–Trinajstić information content (AvgIpc) is 2.38. The van der Waals surface area contributed by atoms with Crippen LogP contribution in [0.2, 0.25) is 0 Å². The molecule has 1 aromatic rings. The topological polar surface area (TPSA) is 87.7 Å². The Kier molecular flexibility index (Phi) is 5.92. The van der Waals surface area contributed by atoms with E-state index in [1.807, 2.05) is 0 Å². The van der Waals surface area contributed by atoms with Crippen LogP contribution in [-0.2, 0) is 4.74 Å². The second-order valence-electron chi connectivity index (χ2n) is 4.28. The number of benzene rings is 1. The molecule has 1 rings (SSSR count). The molecule has 0 fully saturated rings. The average molecular weight is 284 g/mol. The van der Waals surface area contributed by atoms with Crippen molar-refractivity contribution in [3.05, 3.63) is 29.6 Å². The fourth-order valence-corrected chi connectivity index (χ4v) is 1.50. The van der Waals surface area contributed by atoms with Crippen molar-refractivity contribution in [3.8, 4) is 0 Å². The van der Waals surface area contributed by atoms with Crippen molar-refractivity contribution < 1.29 is 23.8 Å². The number of hydrogen-bond acceptors (Lipinski definition) is 3. The standard InChI is InChI=1S/C13H17FN2O4/c1-8(5-6-20-2)15-13(19)16-11-4-3-9(12(17)18)7-10(11)14/h3-4,7-8H,5-6H2,1-2H3,(H,17,18)(H2,15,16,19). The van der Waals surface area contributed by atoms with E-state index in [1.54, 1.807) is 14.0 Å². The van der Waals surface area contributed by atoms with Crippen molar-refractivity contribution in [3.63, 3.8) is 0 Å². The van der Waals surface area contributed by atoms with Crippen LogP contribution in [0.3, 0.4) is 0 Å². The molecule has 0 radical (unpaired) electrons. The number of aromatic carboxylic acids is 1. The van der Waals surface area contributed by atoms with Gasteiger partial charge in [-0.25, -0.2) is 14.0 Å². The summed E-state index contributed by atoms with van der Waals surface area (Å²) in [6, 6.07) is 2.59. The number of hydrogen-bond donors (Lipinski definition) is 3. The van der Waals surface area contributed by atoms with Gasteiger partial charge in [0.25, 0.3) is 0 Å². The third kappa shape index (κ3) is 4.85. The van der Waals surface area contributed by atoms with Crippen LogP contribution in [0.15, 0.2) is 18.2 Å². The van der Waals surface area contributed by atoms with Gasteiger partial charge in [-0.15, -0.1) is 0 Å². The van der Waals surface area contributed by atoms with Gasteiger partial charge in [0.05, 0.1) is 11.3 Å². The quantitative estimate of drug-likeness (QED) is 0.746. The van der Waals surface area contributed by atoms with E-state index in [1.165, 1.54) is 12.1 Å². The van der Waals surface area contributed by atoms with Crippen molar-refractivity contribution in [2.75, 3.05) is 19.0 Å². The smallest absolute Gasteiger partial charge is 0.335 e. The molecule has 0 aliphatic carbocycles. The molecule has 2 amide bonds. The number of methoxy groups -OCH3 is 1. The van der Waals surface area contributed by atoms with Gasteiger partial charge in [0.15, 0.2) is 0 Å². The number of urea groups is 1. The number of nitrogens with one attached hydrogen (secondary N) is 2. The minimum atomic E-state index is -1.23. The molecule has 7 heteroatoms. The summed E-state index contributed by atoms with van der Waals surface area (Å²) < 4.78 is 18.5. The van der Waals surface area contributed by atoms with E-state index in [2.05, 4.69) is 10.6 Å². The van der Waals surface area contributed by atoms with Gasteiger partial charge in [-0.05, 0) is 31.5 Å². The van der Waals surface area contributed by atoms with Gasteiger partial charge in [0.2, 0.25) is 0 Å². The number of carboxylic acid groups (broad SMARTS) is 1. The van der Waals surface area contributed by atoms with Gasteiger partial charge in [-0.2, -0.15) is 0 Å². The van der Waals surface area contributed by atoms with Crippen molar-refractivity contribution in [1.29, 1.82) is 0 Å². The lowest BCUT2D eigenvalue weighted by Crippen LogP contribution is -2.36. The summed E-state index contributed by atoms with van der Waals surface area (Å²) in [5.41, 5.74) is -0.256. The van der Waals surface area contributed by atoms with E-state index in [0.717, 1.165) is 6.07 Å². The molecule has 1 aromatic carbocycles. The van der Waals surface area contributed by atoms with Crippen LogP contribution in [0.4, 0.5) is 14.9 Å². The lowest BCUT2D eigenvalue weighted by Gasteiger charge is -2.14. The summed E-state index contributed by atoms with van der Waals surface area (Å²) in [5, 5.41) is 13.6. The molecule has 1 atom stereocenters. The highest BCUT2D eigenvalue weighted by atomic mass is 19.1. The van der Waals surface area contributed by atoms with Gasteiger partial charge in [-0.3, -0.25) is 0 Å². The summed E-state index contributed by atoms with van der Waals surface area (Å²) in [7, 11) is 1.56. The van der Waals surface area contributed by atoms with Crippen LogP contribution in [0.25, 0.3) is 0 Å². The first-order chi connectivity index (χ1) is 9.43. The van der Waals surface area contributed by atoms with E-state index in [-0.39, 0.29) is 17.3 Å². The highest BCUT2D eigenvalue weighted by molar-refractivity contribution is 5.91. The molecule has 0 heterocycles. The van der Waals surface area contributed by atoms with E-state index in [9.17, 15) is 14.0 Å². The summed E-state index contributed by atoms with van der Waals surface area (Å²) in [6.07, 6.45) is 0.629. The van der Waals surface area contributed by atoms with E-state index >= 15 is 0 Å². The summed E-state index contributed by atoms with van der Waals surface area (Å²) in [6.45, 7) is 2.30. The minimum absolute atomic E-state index is 0.0774. The molecule has 0 aromatic heterocycles. The van der Waals surface area contributed by atoms with Crippen LogP contribution in [-0.4, -0.2) is 36.9 Å². The Labute approximate surface area is 115 Å². The van der Waals surface area contributed by atoms with Crippen LogP contribution >= 0.6 is 0 Å². The van der Waals surface area contributed by atoms with Crippen LogP contribution in [0.1, 0.15) is 23.7 Å².